The monoisotopic (exact) mass is 442 g/mol. The minimum Gasteiger partial charge on any atom is -0.481 e. The molecule has 0 radical (unpaired) electrons. The van der Waals surface area contributed by atoms with Gasteiger partial charge in [0.1, 0.15) is 9.77 Å². The third-order valence-electron chi connectivity index (χ3n) is 3.58. The molecule has 2 rings (SSSR count). The van der Waals surface area contributed by atoms with Crippen LogP contribution in [0.2, 0.25) is 0 Å². The van der Waals surface area contributed by atoms with E-state index in [1.54, 1.807) is 25.3 Å². The van der Waals surface area contributed by atoms with Crippen LogP contribution in [0.3, 0.4) is 0 Å². The van der Waals surface area contributed by atoms with Gasteiger partial charge in [-0.1, -0.05) is 13.8 Å². The van der Waals surface area contributed by atoms with E-state index in [1.807, 2.05) is 11.6 Å². The molecule has 158 valence electrons. The number of urea groups is 1. The number of carbonyl (C=O) groups excluding carboxylic acids is 2. The van der Waals surface area contributed by atoms with Crippen LogP contribution in [0.25, 0.3) is 0 Å². The molecule has 0 fully saturated rings. The van der Waals surface area contributed by atoms with Crippen LogP contribution in [-0.4, -0.2) is 44.1 Å². The second-order valence-electron chi connectivity index (χ2n) is 5.84. The maximum atomic E-state index is 12.8. The van der Waals surface area contributed by atoms with Crippen LogP contribution in [0.15, 0.2) is 16.3 Å². The van der Waals surface area contributed by atoms with E-state index in [-0.39, 0.29) is 28.2 Å². The van der Waals surface area contributed by atoms with E-state index in [4.69, 9.17) is 9.47 Å². The Morgan fingerprint density at radius 2 is 1.97 bits per heavy atom. The fraction of sp³-hybridized carbons (Fsp3) is 0.412. The predicted octanol–water partition coefficient (Wildman–Crippen LogP) is 2.49. The van der Waals surface area contributed by atoms with Crippen molar-refractivity contribution in [1.29, 1.82) is 0 Å². The zero-order chi connectivity index (χ0) is 21.6. The van der Waals surface area contributed by atoms with Crippen molar-refractivity contribution in [2.45, 2.75) is 38.5 Å². The molecule has 0 aliphatic heterocycles. The van der Waals surface area contributed by atoms with Gasteiger partial charge in [-0.2, -0.15) is 4.98 Å². The smallest absolute Gasteiger partial charge is 0.349 e. The Balaban J connectivity index is 2.27. The minimum absolute atomic E-state index is 0.0796. The van der Waals surface area contributed by atoms with E-state index in [9.17, 15) is 18.0 Å². The number of nitrogens with one attached hydrogen (secondary N) is 2. The van der Waals surface area contributed by atoms with E-state index in [1.165, 1.54) is 7.11 Å². The Morgan fingerprint density at radius 1 is 1.24 bits per heavy atom. The maximum absolute atomic E-state index is 12.8. The summed E-state index contributed by atoms with van der Waals surface area (Å²) in [7, 11) is -2.94. The maximum Gasteiger partial charge on any atom is 0.349 e. The number of hydrogen-bond acceptors (Lipinski definition) is 9. The molecule has 29 heavy (non-hydrogen) atoms. The normalized spacial score (nSPS) is 11.0. The van der Waals surface area contributed by atoms with Crippen molar-refractivity contribution in [3.8, 4) is 5.88 Å². The molecular weight excluding hydrogens is 420 g/mol. The first-order valence-electron chi connectivity index (χ1n) is 8.72. The van der Waals surface area contributed by atoms with Crippen LogP contribution in [0.4, 0.5) is 10.7 Å². The summed E-state index contributed by atoms with van der Waals surface area (Å²) in [5, 5.41) is 3.81. The third-order valence-corrected chi connectivity index (χ3v) is 6.18. The van der Waals surface area contributed by atoms with Gasteiger partial charge in [-0.15, -0.1) is 11.3 Å². The highest BCUT2D eigenvalue weighted by Crippen LogP contribution is 2.29. The van der Waals surface area contributed by atoms with E-state index in [2.05, 4.69) is 15.3 Å². The van der Waals surface area contributed by atoms with E-state index in [0.717, 1.165) is 11.3 Å². The van der Waals surface area contributed by atoms with Crippen molar-refractivity contribution in [2.75, 3.05) is 19.0 Å². The van der Waals surface area contributed by atoms with Gasteiger partial charge in [0.15, 0.2) is 0 Å². The van der Waals surface area contributed by atoms with Crippen molar-refractivity contribution >= 4 is 39.3 Å². The molecule has 0 unspecified atom stereocenters. The molecule has 2 aromatic rings. The predicted molar refractivity (Wildman–Crippen MR) is 107 cm³/mol. The second kappa shape index (κ2) is 9.65. The van der Waals surface area contributed by atoms with Gasteiger partial charge >= 0.3 is 12.0 Å². The van der Waals surface area contributed by atoms with Crippen LogP contribution in [0.5, 0.6) is 5.88 Å². The van der Waals surface area contributed by atoms with Crippen LogP contribution in [0, 0.1) is 6.92 Å². The minimum atomic E-state index is -4.34. The standard InChI is InChI=1S/C17H22N4O6S2/c1-5-7-27-15(22)13-14(11(6-2)9-28-13)29(24,25)21-17(23)20-16-18-10(3)8-12(19-16)26-4/h8-9H,5-7H2,1-4H3,(H2,18,19,20,21,23). The summed E-state index contributed by atoms with van der Waals surface area (Å²) < 4.78 is 37.6. The number of thiophene rings is 1. The second-order valence-corrected chi connectivity index (χ2v) is 8.34. The lowest BCUT2D eigenvalue weighted by atomic mass is 10.2. The number of hydrogen-bond donors (Lipinski definition) is 2. The summed E-state index contributed by atoms with van der Waals surface area (Å²) in [5.74, 6) is -0.662. The Bertz CT molecular complexity index is 1000. The number of aromatic nitrogens is 2. The van der Waals surface area contributed by atoms with Crippen molar-refractivity contribution in [2.24, 2.45) is 0 Å². The number of anilines is 1. The van der Waals surface area contributed by atoms with Gasteiger partial charge in [0.05, 0.1) is 13.7 Å². The highest BCUT2D eigenvalue weighted by molar-refractivity contribution is 7.90. The molecule has 2 heterocycles. The molecule has 0 bridgehead atoms. The summed E-state index contributed by atoms with van der Waals surface area (Å²) in [6.07, 6.45) is 0.952. The fourth-order valence-corrected chi connectivity index (χ4v) is 5.08. The first-order valence-corrected chi connectivity index (χ1v) is 11.1. The van der Waals surface area contributed by atoms with Gasteiger partial charge < -0.3 is 9.47 Å². The van der Waals surface area contributed by atoms with Gasteiger partial charge in [0.25, 0.3) is 10.0 Å². The number of esters is 1. The molecule has 0 spiro atoms. The Kier molecular flexibility index (Phi) is 7.51. The lowest BCUT2D eigenvalue weighted by Crippen LogP contribution is -2.35. The van der Waals surface area contributed by atoms with Gasteiger partial charge in [-0.25, -0.2) is 27.7 Å². The summed E-state index contributed by atoms with van der Waals surface area (Å²) in [4.78, 5) is 32.1. The topological polar surface area (TPSA) is 137 Å². The highest BCUT2D eigenvalue weighted by Gasteiger charge is 2.30. The zero-order valence-electron chi connectivity index (χ0n) is 16.4. The molecular formula is C17H22N4O6S2. The highest BCUT2D eigenvalue weighted by atomic mass is 32.2. The molecule has 0 saturated carbocycles. The van der Waals surface area contributed by atoms with Gasteiger partial charge in [-0.3, -0.25) is 5.32 Å². The summed E-state index contributed by atoms with van der Waals surface area (Å²) in [5.41, 5.74) is 0.925. The van der Waals surface area contributed by atoms with E-state index >= 15 is 0 Å². The van der Waals surface area contributed by atoms with Crippen LogP contribution in [-0.2, 0) is 21.2 Å². The lowest BCUT2D eigenvalue weighted by Gasteiger charge is -2.11. The fourth-order valence-electron chi connectivity index (χ4n) is 2.32. The molecule has 0 aliphatic rings. The molecule has 2 N–H and O–H groups in total. The van der Waals surface area contributed by atoms with E-state index < -0.39 is 22.0 Å². The van der Waals surface area contributed by atoms with Crippen LogP contribution < -0.4 is 14.8 Å². The van der Waals surface area contributed by atoms with Crippen LogP contribution >= 0.6 is 11.3 Å². The summed E-state index contributed by atoms with van der Waals surface area (Å²) >= 11 is 0.957. The van der Waals surface area contributed by atoms with Gasteiger partial charge in [0.2, 0.25) is 11.8 Å². The molecule has 2 aromatic heterocycles. The largest absolute Gasteiger partial charge is 0.481 e. The van der Waals surface area contributed by atoms with Gasteiger partial charge in [-0.05, 0) is 30.7 Å². The average Bonchev–Trinajstić information content (AvgIpc) is 3.10. The number of aryl methyl sites for hydroxylation is 2. The average molecular weight is 443 g/mol. The number of amides is 2. The van der Waals surface area contributed by atoms with Crippen molar-refractivity contribution in [1.82, 2.24) is 14.7 Å². The zero-order valence-corrected chi connectivity index (χ0v) is 18.1. The Morgan fingerprint density at radius 3 is 2.59 bits per heavy atom. The first kappa shape index (κ1) is 22.6. The third kappa shape index (κ3) is 5.64. The summed E-state index contributed by atoms with van der Waals surface area (Å²) in [6.45, 7) is 5.40. The molecule has 12 heteroatoms. The molecule has 0 aromatic carbocycles. The number of ether oxygens (including phenoxy) is 2. The molecule has 2 amide bonds. The quantitative estimate of drug-likeness (QED) is 0.595. The number of carbonyl (C=O) groups is 2. The summed E-state index contributed by atoms with van der Waals surface area (Å²) in [6, 6.07) is 0.478. The molecule has 0 saturated heterocycles. The number of rotatable bonds is 8. The SMILES string of the molecule is CCCOC(=O)c1scc(CC)c1S(=O)(=O)NC(=O)Nc1nc(C)cc(OC)n1. The molecule has 0 atom stereocenters. The van der Waals surface area contributed by atoms with Crippen LogP contribution in [0.1, 0.15) is 41.2 Å². The lowest BCUT2D eigenvalue weighted by molar-refractivity contribution is 0.0506. The number of nitrogens with zero attached hydrogens (tertiary/aromatic N) is 2. The van der Waals surface area contributed by atoms with Crippen molar-refractivity contribution in [3.05, 3.63) is 27.6 Å². The van der Waals surface area contributed by atoms with Crippen molar-refractivity contribution in [3.63, 3.8) is 0 Å². The van der Waals surface area contributed by atoms with E-state index in [0.29, 0.717) is 24.1 Å². The number of sulfonamides is 1. The molecule has 10 nitrogen and oxygen atoms in total. The Labute approximate surface area is 172 Å². The Hall–Kier alpha value is -2.73. The van der Waals surface area contributed by atoms with Gasteiger partial charge in [0, 0.05) is 11.8 Å². The molecule has 0 aliphatic carbocycles. The number of methoxy groups -OCH3 is 1. The first-order chi connectivity index (χ1) is 13.7. The van der Waals surface area contributed by atoms with Crippen molar-refractivity contribution < 1.29 is 27.5 Å².